The summed E-state index contributed by atoms with van der Waals surface area (Å²) >= 11 is 0. The van der Waals surface area contributed by atoms with Crippen LogP contribution in [0.4, 0.5) is 5.69 Å². The molecule has 22 heavy (non-hydrogen) atoms. The maximum atomic E-state index is 11.4. The van der Waals surface area contributed by atoms with Crippen molar-refractivity contribution in [1.82, 2.24) is 0 Å². The number of nitro groups is 1. The van der Waals surface area contributed by atoms with E-state index >= 15 is 0 Å². The first-order chi connectivity index (χ1) is 10.3. The standard InChI is InChI=1S/C13H12N2O6S/c1-20-9-2-4-10(5-3-9)21-11-6-7-12(15(16)17)13(8-11)22(14,18)19/h2-8H,1H3,(H2,14,18,19). The molecule has 0 saturated carbocycles. The zero-order valence-electron chi connectivity index (χ0n) is 11.4. The van der Waals surface area contributed by atoms with Gasteiger partial charge in [0.05, 0.1) is 12.0 Å². The van der Waals surface area contributed by atoms with Crippen molar-refractivity contribution in [3.05, 3.63) is 52.6 Å². The van der Waals surface area contributed by atoms with Crippen molar-refractivity contribution >= 4 is 15.7 Å². The van der Waals surface area contributed by atoms with Crippen LogP contribution < -0.4 is 14.6 Å². The molecule has 2 rings (SSSR count). The van der Waals surface area contributed by atoms with Gasteiger partial charge < -0.3 is 9.47 Å². The van der Waals surface area contributed by atoms with E-state index in [-0.39, 0.29) is 5.75 Å². The molecule has 0 heterocycles. The lowest BCUT2D eigenvalue weighted by Gasteiger charge is -2.08. The molecule has 9 heteroatoms. The Hall–Kier alpha value is -2.65. The molecule has 0 aliphatic rings. The number of nitrogens with two attached hydrogens (primary N) is 1. The molecule has 0 aromatic heterocycles. The highest BCUT2D eigenvalue weighted by Crippen LogP contribution is 2.30. The summed E-state index contributed by atoms with van der Waals surface area (Å²) in [6, 6.07) is 9.85. The van der Waals surface area contributed by atoms with Gasteiger partial charge in [0.25, 0.3) is 5.69 Å². The molecular weight excluding hydrogens is 312 g/mol. The van der Waals surface area contributed by atoms with E-state index in [1.54, 1.807) is 24.3 Å². The second-order valence-corrected chi connectivity index (χ2v) is 5.74. The minimum absolute atomic E-state index is 0.111. The summed E-state index contributed by atoms with van der Waals surface area (Å²) in [4.78, 5) is 9.41. The lowest BCUT2D eigenvalue weighted by Crippen LogP contribution is -2.14. The highest BCUT2D eigenvalue weighted by atomic mass is 32.2. The number of hydrogen-bond acceptors (Lipinski definition) is 6. The molecule has 0 radical (unpaired) electrons. The molecule has 2 aromatic carbocycles. The van der Waals surface area contributed by atoms with E-state index < -0.39 is 25.5 Å². The molecule has 2 N–H and O–H groups in total. The van der Waals surface area contributed by atoms with Crippen LogP contribution in [0.2, 0.25) is 0 Å². The van der Waals surface area contributed by atoms with Crippen molar-refractivity contribution in [3.8, 4) is 17.2 Å². The molecule has 0 fully saturated rings. The lowest BCUT2D eigenvalue weighted by molar-refractivity contribution is -0.387. The number of nitro benzene ring substituents is 1. The molecular formula is C13H12N2O6S. The molecule has 0 bridgehead atoms. The average Bonchev–Trinajstić information content (AvgIpc) is 2.47. The largest absolute Gasteiger partial charge is 0.497 e. The van der Waals surface area contributed by atoms with E-state index in [0.29, 0.717) is 11.5 Å². The van der Waals surface area contributed by atoms with Crippen molar-refractivity contribution in [2.24, 2.45) is 5.14 Å². The molecule has 0 spiro atoms. The van der Waals surface area contributed by atoms with E-state index in [1.807, 2.05) is 0 Å². The topological polar surface area (TPSA) is 122 Å². The van der Waals surface area contributed by atoms with Crippen LogP contribution in [0.25, 0.3) is 0 Å². The fourth-order valence-electron chi connectivity index (χ4n) is 1.72. The normalized spacial score (nSPS) is 11.0. The first-order valence-electron chi connectivity index (χ1n) is 5.94. The van der Waals surface area contributed by atoms with E-state index in [9.17, 15) is 18.5 Å². The minimum atomic E-state index is -4.25. The van der Waals surface area contributed by atoms with E-state index in [2.05, 4.69) is 0 Å². The average molecular weight is 324 g/mol. The van der Waals surface area contributed by atoms with E-state index in [4.69, 9.17) is 14.6 Å². The highest BCUT2D eigenvalue weighted by Gasteiger charge is 2.23. The molecule has 116 valence electrons. The van der Waals surface area contributed by atoms with Gasteiger partial charge in [0.15, 0.2) is 4.90 Å². The second kappa shape index (κ2) is 6.00. The van der Waals surface area contributed by atoms with Gasteiger partial charge in [0.2, 0.25) is 10.0 Å². The first kappa shape index (κ1) is 15.7. The van der Waals surface area contributed by atoms with Gasteiger partial charge in [-0.3, -0.25) is 10.1 Å². The fourth-order valence-corrected chi connectivity index (χ4v) is 2.43. The van der Waals surface area contributed by atoms with Gasteiger partial charge in [-0.05, 0) is 30.3 Å². The van der Waals surface area contributed by atoms with Gasteiger partial charge in [-0.15, -0.1) is 0 Å². The zero-order chi connectivity index (χ0) is 16.3. The van der Waals surface area contributed by atoms with Crippen LogP contribution in [0.1, 0.15) is 0 Å². The molecule has 0 unspecified atom stereocenters. The molecule has 0 amide bonds. The minimum Gasteiger partial charge on any atom is -0.497 e. The van der Waals surface area contributed by atoms with Crippen LogP contribution in [0.15, 0.2) is 47.4 Å². The van der Waals surface area contributed by atoms with Gasteiger partial charge in [-0.2, -0.15) is 0 Å². The molecule has 2 aromatic rings. The maximum absolute atomic E-state index is 11.4. The monoisotopic (exact) mass is 324 g/mol. The van der Waals surface area contributed by atoms with Crippen molar-refractivity contribution in [3.63, 3.8) is 0 Å². The van der Waals surface area contributed by atoms with Gasteiger partial charge >= 0.3 is 0 Å². The van der Waals surface area contributed by atoms with Gasteiger partial charge in [-0.1, -0.05) is 0 Å². The summed E-state index contributed by atoms with van der Waals surface area (Å²) in [5.74, 6) is 1.15. The summed E-state index contributed by atoms with van der Waals surface area (Å²) in [5.41, 5.74) is -0.607. The molecule has 0 atom stereocenters. The van der Waals surface area contributed by atoms with Gasteiger partial charge in [0.1, 0.15) is 17.2 Å². The Balaban J connectivity index is 2.38. The Morgan fingerprint density at radius 3 is 2.09 bits per heavy atom. The Labute approximate surface area is 126 Å². The van der Waals surface area contributed by atoms with Crippen LogP contribution in [0.3, 0.4) is 0 Å². The molecule has 0 aliphatic carbocycles. The number of methoxy groups -OCH3 is 1. The SMILES string of the molecule is COc1ccc(Oc2ccc([N+](=O)[O-])c(S(N)(=O)=O)c2)cc1. The van der Waals surface area contributed by atoms with Crippen molar-refractivity contribution < 1.29 is 22.8 Å². The number of nitrogens with zero attached hydrogens (tertiary/aromatic N) is 1. The Kier molecular flexibility index (Phi) is 4.29. The summed E-state index contributed by atoms with van der Waals surface area (Å²) in [7, 11) is -2.73. The maximum Gasteiger partial charge on any atom is 0.289 e. The number of benzene rings is 2. The number of ether oxygens (including phenoxy) is 2. The lowest BCUT2D eigenvalue weighted by atomic mass is 10.3. The van der Waals surface area contributed by atoms with Crippen LogP contribution in [0, 0.1) is 10.1 Å². The predicted octanol–water partition coefficient (Wildman–Crippen LogP) is 2.04. The number of rotatable bonds is 5. The predicted molar refractivity (Wildman–Crippen MR) is 77.5 cm³/mol. The van der Waals surface area contributed by atoms with Crippen LogP contribution in [0.5, 0.6) is 17.2 Å². The molecule has 0 aliphatic heterocycles. The quantitative estimate of drug-likeness (QED) is 0.663. The molecule has 8 nitrogen and oxygen atoms in total. The number of hydrogen-bond donors (Lipinski definition) is 1. The third-order valence-electron chi connectivity index (χ3n) is 2.73. The fraction of sp³-hybridized carbons (Fsp3) is 0.0769. The van der Waals surface area contributed by atoms with E-state index in [0.717, 1.165) is 12.1 Å². The Morgan fingerprint density at radius 2 is 1.59 bits per heavy atom. The van der Waals surface area contributed by atoms with Crippen molar-refractivity contribution in [1.29, 1.82) is 0 Å². The summed E-state index contributed by atoms with van der Waals surface area (Å²) in [5, 5.41) is 15.8. The summed E-state index contributed by atoms with van der Waals surface area (Å²) < 4.78 is 33.3. The van der Waals surface area contributed by atoms with Crippen molar-refractivity contribution in [2.75, 3.05) is 7.11 Å². The summed E-state index contributed by atoms with van der Waals surface area (Å²) in [6.45, 7) is 0. The smallest absolute Gasteiger partial charge is 0.289 e. The molecule has 0 saturated heterocycles. The Bertz CT molecular complexity index is 802. The summed E-state index contributed by atoms with van der Waals surface area (Å²) in [6.07, 6.45) is 0. The van der Waals surface area contributed by atoms with Crippen LogP contribution in [-0.2, 0) is 10.0 Å². The van der Waals surface area contributed by atoms with Crippen LogP contribution in [-0.4, -0.2) is 20.5 Å². The number of primary sulfonamides is 1. The van der Waals surface area contributed by atoms with E-state index in [1.165, 1.54) is 13.2 Å². The van der Waals surface area contributed by atoms with Gasteiger partial charge in [-0.25, -0.2) is 13.6 Å². The van der Waals surface area contributed by atoms with Crippen molar-refractivity contribution in [2.45, 2.75) is 4.90 Å². The first-order valence-corrected chi connectivity index (χ1v) is 7.49. The zero-order valence-corrected chi connectivity index (χ0v) is 12.2. The Morgan fingerprint density at radius 1 is 1.05 bits per heavy atom. The van der Waals surface area contributed by atoms with Gasteiger partial charge in [0, 0.05) is 12.1 Å². The third-order valence-corrected chi connectivity index (χ3v) is 3.67. The van der Waals surface area contributed by atoms with Crippen LogP contribution >= 0.6 is 0 Å². The third kappa shape index (κ3) is 3.51. The number of sulfonamides is 1. The highest BCUT2D eigenvalue weighted by molar-refractivity contribution is 7.89. The second-order valence-electron chi connectivity index (χ2n) is 4.21.